The molecule has 0 amide bonds. The summed E-state index contributed by atoms with van der Waals surface area (Å²) in [4.78, 5) is 8.29. The minimum atomic E-state index is -0.649. The Morgan fingerprint density at radius 3 is 2.40 bits per heavy atom. The predicted octanol–water partition coefficient (Wildman–Crippen LogP) is 1.75. The van der Waals surface area contributed by atoms with Crippen molar-refractivity contribution in [2.24, 2.45) is 0 Å². The van der Waals surface area contributed by atoms with Crippen LogP contribution in [0.3, 0.4) is 0 Å². The lowest BCUT2D eigenvalue weighted by Gasteiger charge is -2.25. The van der Waals surface area contributed by atoms with Gasteiger partial charge in [0.05, 0.1) is 11.3 Å². The Kier molecular flexibility index (Phi) is 4.03. The molecule has 0 unspecified atom stereocenters. The van der Waals surface area contributed by atoms with Crippen LogP contribution < -0.4 is 5.32 Å². The van der Waals surface area contributed by atoms with Gasteiger partial charge in [-0.05, 0) is 19.8 Å². The highest BCUT2D eigenvalue weighted by molar-refractivity contribution is 5.38. The Morgan fingerprint density at radius 1 is 1.27 bits per heavy atom. The summed E-state index contributed by atoms with van der Waals surface area (Å²) in [7, 11) is 0. The Balaban J connectivity index is 2.61. The molecule has 1 aromatic rings. The predicted molar refractivity (Wildman–Crippen MR) is 60.8 cm³/mol. The summed E-state index contributed by atoms with van der Waals surface area (Å²) in [5.41, 5.74) is 0.205. The summed E-state index contributed by atoms with van der Waals surface area (Å²) >= 11 is 0. The second-order valence-electron chi connectivity index (χ2n) is 3.78. The van der Waals surface area contributed by atoms with Crippen LogP contribution in [-0.4, -0.2) is 27.2 Å². The van der Waals surface area contributed by atoms with Crippen LogP contribution in [-0.2, 0) is 0 Å². The van der Waals surface area contributed by atoms with Gasteiger partial charge >= 0.3 is 0 Å². The maximum Gasteiger partial charge on any atom is 0.147 e. The quantitative estimate of drug-likeness (QED) is 0.775. The van der Waals surface area contributed by atoms with E-state index in [0.29, 0.717) is 6.54 Å². The fourth-order valence-electron chi connectivity index (χ4n) is 1.33. The monoisotopic (exact) mass is 209 g/mol. The molecule has 4 heteroatoms. The first kappa shape index (κ1) is 11.9. The number of rotatable bonds is 5. The van der Waals surface area contributed by atoms with Crippen LogP contribution in [0.2, 0.25) is 0 Å². The topological polar surface area (TPSA) is 58.0 Å². The third-order valence-electron chi connectivity index (χ3n) is 2.78. The fraction of sp³-hybridized carbons (Fsp3) is 0.636. The van der Waals surface area contributed by atoms with Gasteiger partial charge in [0, 0.05) is 18.9 Å². The first-order chi connectivity index (χ1) is 7.11. The summed E-state index contributed by atoms with van der Waals surface area (Å²) in [6.07, 6.45) is 4.77. The Hall–Kier alpha value is -1.16. The van der Waals surface area contributed by atoms with Gasteiger partial charge in [0.25, 0.3) is 0 Å². The Labute approximate surface area is 90.8 Å². The number of anilines is 1. The minimum Gasteiger partial charge on any atom is -0.388 e. The fourth-order valence-corrected chi connectivity index (χ4v) is 1.33. The largest absolute Gasteiger partial charge is 0.388 e. The Morgan fingerprint density at radius 2 is 1.87 bits per heavy atom. The highest BCUT2D eigenvalue weighted by Gasteiger charge is 2.21. The molecule has 2 N–H and O–H groups in total. The van der Waals surface area contributed by atoms with E-state index < -0.39 is 5.60 Å². The van der Waals surface area contributed by atoms with Crippen molar-refractivity contribution < 1.29 is 5.11 Å². The van der Waals surface area contributed by atoms with Crippen molar-refractivity contribution in [3.63, 3.8) is 0 Å². The van der Waals surface area contributed by atoms with Crippen LogP contribution in [0.5, 0.6) is 0 Å². The van der Waals surface area contributed by atoms with Gasteiger partial charge in [0.2, 0.25) is 0 Å². The van der Waals surface area contributed by atoms with E-state index >= 15 is 0 Å². The van der Waals surface area contributed by atoms with Crippen molar-refractivity contribution >= 4 is 5.82 Å². The maximum absolute atomic E-state index is 10.1. The second kappa shape index (κ2) is 5.07. The molecule has 84 valence electrons. The molecule has 0 aliphatic rings. The molecule has 15 heavy (non-hydrogen) atoms. The van der Waals surface area contributed by atoms with Crippen LogP contribution in [0.4, 0.5) is 5.82 Å². The molecule has 1 heterocycles. The van der Waals surface area contributed by atoms with E-state index in [4.69, 9.17) is 0 Å². The van der Waals surface area contributed by atoms with Crippen molar-refractivity contribution in [3.05, 3.63) is 18.1 Å². The van der Waals surface area contributed by atoms with Gasteiger partial charge in [0.15, 0.2) is 0 Å². The van der Waals surface area contributed by atoms with Crippen LogP contribution in [0.15, 0.2) is 12.4 Å². The summed E-state index contributed by atoms with van der Waals surface area (Å²) < 4.78 is 0. The number of aryl methyl sites for hydroxylation is 1. The molecule has 0 radical (unpaired) electrons. The molecule has 0 aliphatic carbocycles. The van der Waals surface area contributed by atoms with Gasteiger partial charge in [-0.1, -0.05) is 13.8 Å². The molecule has 1 rings (SSSR count). The molecule has 0 spiro atoms. The zero-order chi connectivity index (χ0) is 11.3. The molecule has 0 aliphatic heterocycles. The number of hydrogen-bond acceptors (Lipinski definition) is 4. The first-order valence-corrected chi connectivity index (χ1v) is 5.35. The van der Waals surface area contributed by atoms with Crippen molar-refractivity contribution in [2.75, 3.05) is 11.9 Å². The Bertz CT molecular complexity index is 310. The van der Waals surface area contributed by atoms with E-state index in [-0.39, 0.29) is 0 Å². The van der Waals surface area contributed by atoms with Crippen LogP contribution in [0, 0.1) is 6.92 Å². The zero-order valence-corrected chi connectivity index (χ0v) is 9.62. The molecular weight excluding hydrogens is 190 g/mol. The van der Waals surface area contributed by atoms with Gasteiger partial charge in [-0.25, -0.2) is 4.98 Å². The second-order valence-corrected chi connectivity index (χ2v) is 3.78. The first-order valence-electron chi connectivity index (χ1n) is 5.35. The molecule has 0 fully saturated rings. The SMILES string of the molecule is CCC(O)(CC)CNc1nccnc1C. The number of nitrogens with zero attached hydrogens (tertiary/aromatic N) is 2. The molecule has 0 aromatic carbocycles. The van der Waals surface area contributed by atoms with Gasteiger partial charge in [0.1, 0.15) is 5.82 Å². The standard InChI is InChI=1S/C11H19N3O/c1-4-11(15,5-2)8-14-10-9(3)12-6-7-13-10/h6-7,15H,4-5,8H2,1-3H3,(H,13,14). The normalized spacial score (nSPS) is 11.5. The highest BCUT2D eigenvalue weighted by Crippen LogP contribution is 2.16. The van der Waals surface area contributed by atoms with Gasteiger partial charge < -0.3 is 10.4 Å². The minimum absolute atomic E-state index is 0.513. The molecule has 0 bridgehead atoms. The highest BCUT2D eigenvalue weighted by atomic mass is 16.3. The number of aromatic nitrogens is 2. The lowest BCUT2D eigenvalue weighted by molar-refractivity contribution is 0.0456. The van der Waals surface area contributed by atoms with E-state index in [1.54, 1.807) is 12.4 Å². The van der Waals surface area contributed by atoms with E-state index in [0.717, 1.165) is 24.4 Å². The van der Waals surface area contributed by atoms with E-state index in [2.05, 4.69) is 15.3 Å². The lowest BCUT2D eigenvalue weighted by Crippen LogP contribution is -2.35. The van der Waals surface area contributed by atoms with E-state index in [1.165, 1.54) is 0 Å². The lowest BCUT2D eigenvalue weighted by atomic mass is 9.98. The average Bonchev–Trinajstić information content (AvgIpc) is 2.28. The molecule has 1 aromatic heterocycles. The van der Waals surface area contributed by atoms with Gasteiger partial charge in [-0.15, -0.1) is 0 Å². The molecule has 4 nitrogen and oxygen atoms in total. The number of hydrogen-bond donors (Lipinski definition) is 2. The third kappa shape index (κ3) is 3.16. The number of aliphatic hydroxyl groups is 1. The summed E-state index contributed by atoms with van der Waals surface area (Å²) in [6.45, 7) is 6.37. The average molecular weight is 209 g/mol. The van der Waals surface area contributed by atoms with Gasteiger partial charge in [-0.2, -0.15) is 0 Å². The molecule has 0 saturated carbocycles. The van der Waals surface area contributed by atoms with Crippen molar-refractivity contribution in [3.8, 4) is 0 Å². The maximum atomic E-state index is 10.1. The molecule has 0 saturated heterocycles. The van der Waals surface area contributed by atoms with Crippen LogP contribution in [0.25, 0.3) is 0 Å². The van der Waals surface area contributed by atoms with E-state index in [9.17, 15) is 5.11 Å². The van der Waals surface area contributed by atoms with E-state index in [1.807, 2.05) is 20.8 Å². The van der Waals surface area contributed by atoms with Crippen molar-refractivity contribution in [1.82, 2.24) is 9.97 Å². The zero-order valence-electron chi connectivity index (χ0n) is 9.62. The number of nitrogens with one attached hydrogen (secondary N) is 1. The summed E-state index contributed by atoms with van der Waals surface area (Å²) in [6, 6.07) is 0. The molecule has 0 atom stereocenters. The van der Waals surface area contributed by atoms with Crippen molar-refractivity contribution in [2.45, 2.75) is 39.2 Å². The van der Waals surface area contributed by atoms with Gasteiger partial charge in [-0.3, -0.25) is 4.98 Å². The smallest absolute Gasteiger partial charge is 0.147 e. The third-order valence-corrected chi connectivity index (χ3v) is 2.78. The molecular formula is C11H19N3O. The van der Waals surface area contributed by atoms with Crippen molar-refractivity contribution in [1.29, 1.82) is 0 Å². The van der Waals surface area contributed by atoms with Crippen LogP contribution >= 0.6 is 0 Å². The summed E-state index contributed by atoms with van der Waals surface area (Å²) in [5, 5.41) is 13.2. The van der Waals surface area contributed by atoms with Crippen LogP contribution in [0.1, 0.15) is 32.4 Å². The summed E-state index contributed by atoms with van der Waals surface area (Å²) in [5.74, 6) is 0.748.